The van der Waals surface area contributed by atoms with Gasteiger partial charge in [0.05, 0.1) is 41.7 Å². The van der Waals surface area contributed by atoms with Gasteiger partial charge in [0, 0.05) is 12.4 Å². The van der Waals surface area contributed by atoms with E-state index in [0.717, 1.165) is 42.6 Å². The molecule has 3 aromatic rings. The number of ether oxygens (including phenoxy) is 1. The van der Waals surface area contributed by atoms with E-state index in [1.807, 2.05) is 0 Å². The summed E-state index contributed by atoms with van der Waals surface area (Å²) in [6, 6.07) is 5.10. The van der Waals surface area contributed by atoms with Gasteiger partial charge in [-0.3, -0.25) is 14.8 Å². The van der Waals surface area contributed by atoms with Gasteiger partial charge in [-0.25, -0.2) is 0 Å². The molecule has 1 aromatic carbocycles. The highest BCUT2D eigenvalue weighted by atomic mass is 19.4. The molecule has 1 amide bonds. The van der Waals surface area contributed by atoms with E-state index in [-0.39, 0.29) is 16.9 Å². The Morgan fingerprint density at radius 3 is 2.28 bits per heavy atom. The molecule has 1 N–H and O–H groups in total. The molecular formula is C21H15F6N3O2. The van der Waals surface area contributed by atoms with Gasteiger partial charge >= 0.3 is 12.4 Å². The Kier molecular flexibility index (Phi) is 6.37. The first-order valence-corrected chi connectivity index (χ1v) is 9.00. The van der Waals surface area contributed by atoms with E-state index < -0.39 is 41.1 Å². The number of benzene rings is 1. The first kappa shape index (κ1) is 23.0. The summed E-state index contributed by atoms with van der Waals surface area (Å²) >= 11 is 0. The number of halogens is 6. The van der Waals surface area contributed by atoms with Crippen molar-refractivity contribution in [2.75, 3.05) is 7.11 Å². The predicted molar refractivity (Wildman–Crippen MR) is 101 cm³/mol. The van der Waals surface area contributed by atoms with Gasteiger partial charge in [-0.2, -0.15) is 26.3 Å². The second-order valence-corrected chi connectivity index (χ2v) is 6.57. The first-order valence-electron chi connectivity index (χ1n) is 9.00. The summed E-state index contributed by atoms with van der Waals surface area (Å²) in [5, 5.41) is 2.41. The molecule has 0 radical (unpaired) electrons. The van der Waals surface area contributed by atoms with Crippen LogP contribution < -0.4 is 10.1 Å². The third-order valence-corrected chi connectivity index (χ3v) is 4.48. The zero-order valence-corrected chi connectivity index (χ0v) is 16.3. The van der Waals surface area contributed by atoms with Crippen molar-refractivity contribution in [2.24, 2.45) is 0 Å². The van der Waals surface area contributed by atoms with Gasteiger partial charge in [-0.05, 0) is 35.9 Å². The van der Waals surface area contributed by atoms with Crippen LogP contribution in [0.1, 0.15) is 38.8 Å². The minimum atomic E-state index is -4.81. The molecule has 0 fully saturated rings. The number of alkyl halides is 6. The molecule has 1 atom stereocenters. The van der Waals surface area contributed by atoms with Crippen LogP contribution in [0.4, 0.5) is 26.3 Å². The molecular weight excluding hydrogens is 440 g/mol. The summed E-state index contributed by atoms with van der Waals surface area (Å²) in [5.74, 6) is -0.586. The number of hydrogen-bond acceptors (Lipinski definition) is 4. The minimum absolute atomic E-state index is 0.0218. The summed E-state index contributed by atoms with van der Waals surface area (Å²) in [5.41, 5.74) is -2.73. The third-order valence-electron chi connectivity index (χ3n) is 4.48. The highest BCUT2D eigenvalue weighted by Crippen LogP contribution is 2.36. The number of carbonyl (C=O) groups is 1. The maximum Gasteiger partial charge on any atom is 0.418 e. The van der Waals surface area contributed by atoms with Gasteiger partial charge in [-0.1, -0.05) is 12.1 Å². The van der Waals surface area contributed by atoms with Crippen LogP contribution in [-0.2, 0) is 12.4 Å². The number of hydrogen-bond donors (Lipinski definition) is 1. The smallest absolute Gasteiger partial charge is 0.418 e. The lowest BCUT2D eigenvalue weighted by Crippen LogP contribution is -2.31. The number of nitrogens with zero attached hydrogens (tertiary/aromatic N) is 2. The lowest BCUT2D eigenvalue weighted by molar-refractivity contribution is -0.139. The Bertz CT molecular complexity index is 1100. The second kappa shape index (κ2) is 8.85. The van der Waals surface area contributed by atoms with Gasteiger partial charge in [0.25, 0.3) is 5.91 Å². The number of aromatic nitrogens is 2. The van der Waals surface area contributed by atoms with E-state index in [1.54, 1.807) is 0 Å². The van der Waals surface area contributed by atoms with Gasteiger partial charge in [0.2, 0.25) is 0 Å². The zero-order valence-electron chi connectivity index (χ0n) is 16.3. The van der Waals surface area contributed by atoms with Crippen LogP contribution >= 0.6 is 0 Å². The van der Waals surface area contributed by atoms with Gasteiger partial charge < -0.3 is 10.1 Å². The van der Waals surface area contributed by atoms with Crippen molar-refractivity contribution in [3.63, 3.8) is 0 Å². The maximum atomic E-state index is 13.6. The van der Waals surface area contributed by atoms with E-state index in [9.17, 15) is 31.1 Å². The molecule has 32 heavy (non-hydrogen) atoms. The molecule has 168 valence electrons. The SMILES string of the molecule is COc1cncc(C(=O)N[C@@H](c2ccc(C(F)(F)F)cc2)c2ncccc2C(F)(F)F)c1. The average molecular weight is 455 g/mol. The van der Waals surface area contributed by atoms with E-state index >= 15 is 0 Å². The molecule has 0 aliphatic heterocycles. The van der Waals surface area contributed by atoms with Crippen LogP contribution in [0.2, 0.25) is 0 Å². The molecule has 3 rings (SSSR count). The van der Waals surface area contributed by atoms with Gasteiger partial charge in [-0.15, -0.1) is 0 Å². The molecule has 0 bridgehead atoms. The fourth-order valence-electron chi connectivity index (χ4n) is 2.93. The van der Waals surface area contributed by atoms with E-state index in [1.165, 1.54) is 25.6 Å². The average Bonchev–Trinajstić information content (AvgIpc) is 2.76. The summed E-state index contributed by atoms with van der Waals surface area (Å²) in [6.45, 7) is 0. The van der Waals surface area contributed by atoms with E-state index in [2.05, 4.69) is 15.3 Å². The van der Waals surface area contributed by atoms with Crippen molar-refractivity contribution in [1.82, 2.24) is 15.3 Å². The van der Waals surface area contributed by atoms with Crippen molar-refractivity contribution in [3.8, 4) is 5.75 Å². The highest BCUT2D eigenvalue weighted by molar-refractivity contribution is 5.94. The number of rotatable bonds is 5. The van der Waals surface area contributed by atoms with Gasteiger partial charge in [0.1, 0.15) is 5.75 Å². The number of pyridine rings is 2. The maximum absolute atomic E-state index is 13.6. The van der Waals surface area contributed by atoms with Crippen molar-refractivity contribution in [3.05, 3.63) is 89.0 Å². The van der Waals surface area contributed by atoms with Crippen molar-refractivity contribution in [2.45, 2.75) is 18.4 Å². The molecule has 0 saturated heterocycles. The van der Waals surface area contributed by atoms with E-state index in [4.69, 9.17) is 4.74 Å². The molecule has 0 spiro atoms. The normalized spacial score (nSPS) is 12.8. The van der Waals surface area contributed by atoms with Crippen LogP contribution in [0, 0.1) is 0 Å². The van der Waals surface area contributed by atoms with Crippen LogP contribution in [0.5, 0.6) is 5.75 Å². The quantitative estimate of drug-likeness (QED) is 0.548. The predicted octanol–water partition coefficient (Wildman–Crippen LogP) is 5.04. The number of nitrogens with one attached hydrogen (secondary N) is 1. The Labute approximate surface area is 178 Å². The largest absolute Gasteiger partial charge is 0.495 e. The number of methoxy groups -OCH3 is 1. The molecule has 5 nitrogen and oxygen atoms in total. The molecule has 0 unspecified atom stereocenters. The van der Waals surface area contributed by atoms with Crippen LogP contribution in [0.25, 0.3) is 0 Å². The molecule has 2 heterocycles. The first-order chi connectivity index (χ1) is 15.0. The fourth-order valence-corrected chi connectivity index (χ4v) is 2.93. The van der Waals surface area contributed by atoms with Crippen LogP contribution in [-0.4, -0.2) is 23.0 Å². The standard InChI is InChI=1S/C21H15F6N3O2/c1-32-15-9-13(10-28-11-15)19(31)30-17(12-4-6-14(7-5-12)20(22,23)24)18-16(21(25,26)27)3-2-8-29-18/h2-11,17H,1H3,(H,30,31)/t17-/m0/s1. The monoisotopic (exact) mass is 455 g/mol. The Morgan fingerprint density at radius 1 is 1.00 bits per heavy atom. The lowest BCUT2D eigenvalue weighted by atomic mass is 9.97. The van der Waals surface area contributed by atoms with Crippen molar-refractivity contribution in [1.29, 1.82) is 0 Å². The summed E-state index contributed by atoms with van der Waals surface area (Å²) in [4.78, 5) is 20.4. The Morgan fingerprint density at radius 2 is 1.69 bits per heavy atom. The third kappa shape index (κ3) is 5.16. The van der Waals surface area contributed by atoms with Crippen LogP contribution in [0.3, 0.4) is 0 Å². The fraction of sp³-hybridized carbons (Fsp3) is 0.190. The Balaban J connectivity index is 2.07. The molecule has 0 saturated carbocycles. The number of carbonyl (C=O) groups excluding carboxylic acids is 1. The summed E-state index contributed by atoms with van der Waals surface area (Å²) in [6.07, 6.45) is -5.85. The Hall–Kier alpha value is -3.63. The lowest BCUT2D eigenvalue weighted by Gasteiger charge is -2.23. The molecule has 0 aliphatic rings. The zero-order chi connectivity index (χ0) is 23.5. The molecule has 0 aliphatic carbocycles. The second-order valence-electron chi connectivity index (χ2n) is 6.57. The van der Waals surface area contributed by atoms with E-state index in [0.29, 0.717) is 0 Å². The van der Waals surface area contributed by atoms with Gasteiger partial charge in [0.15, 0.2) is 0 Å². The number of amides is 1. The molecule has 2 aromatic heterocycles. The molecule has 11 heteroatoms. The minimum Gasteiger partial charge on any atom is -0.495 e. The van der Waals surface area contributed by atoms with Crippen LogP contribution in [0.15, 0.2) is 61.1 Å². The van der Waals surface area contributed by atoms with Crippen molar-refractivity contribution >= 4 is 5.91 Å². The highest BCUT2D eigenvalue weighted by Gasteiger charge is 2.37. The van der Waals surface area contributed by atoms with Crippen molar-refractivity contribution < 1.29 is 35.9 Å². The summed E-state index contributed by atoms with van der Waals surface area (Å²) in [7, 11) is 1.34. The topological polar surface area (TPSA) is 64.1 Å². The summed E-state index contributed by atoms with van der Waals surface area (Å²) < 4.78 is 84.5.